The fourth-order valence-electron chi connectivity index (χ4n) is 3.48. The van der Waals surface area contributed by atoms with Gasteiger partial charge in [-0.3, -0.25) is 9.79 Å². The summed E-state index contributed by atoms with van der Waals surface area (Å²) < 4.78 is 13.1. The molecule has 1 aromatic carbocycles. The summed E-state index contributed by atoms with van der Waals surface area (Å²) >= 11 is 1.49. The maximum atomic E-state index is 13.1. The van der Waals surface area contributed by atoms with Gasteiger partial charge in [0.15, 0.2) is 5.17 Å². The van der Waals surface area contributed by atoms with Crippen LogP contribution in [0.2, 0.25) is 0 Å². The van der Waals surface area contributed by atoms with Crippen molar-refractivity contribution in [2.75, 3.05) is 19.6 Å². The minimum atomic E-state index is -0.242. The van der Waals surface area contributed by atoms with Gasteiger partial charge in [-0.25, -0.2) is 4.39 Å². The number of carbonyl (C=O) groups is 1. The Labute approximate surface area is 139 Å². The van der Waals surface area contributed by atoms with E-state index in [0.29, 0.717) is 0 Å². The zero-order valence-electron chi connectivity index (χ0n) is 13.0. The van der Waals surface area contributed by atoms with Gasteiger partial charge in [-0.15, -0.1) is 0 Å². The number of thioether (sulfide) groups is 1. The molecule has 4 rings (SSSR count). The summed E-state index contributed by atoms with van der Waals surface area (Å²) in [6, 6.07) is 6.56. The highest BCUT2D eigenvalue weighted by Crippen LogP contribution is 2.40. The third-order valence-corrected chi connectivity index (χ3v) is 5.90. The van der Waals surface area contributed by atoms with Crippen molar-refractivity contribution in [3.05, 3.63) is 46.2 Å². The predicted octanol–water partition coefficient (Wildman–Crippen LogP) is 3.14. The highest BCUT2D eigenvalue weighted by atomic mass is 32.2. The number of hydrogen-bond acceptors (Lipinski definition) is 4. The number of allylic oxidation sites excluding steroid dienone is 1. The molecule has 0 saturated carbocycles. The molecule has 1 unspecified atom stereocenters. The van der Waals surface area contributed by atoms with Crippen molar-refractivity contribution in [1.82, 2.24) is 9.80 Å². The molecule has 0 spiro atoms. The third kappa shape index (κ3) is 2.45. The molecule has 1 amide bonds. The zero-order valence-corrected chi connectivity index (χ0v) is 13.8. The van der Waals surface area contributed by atoms with Crippen LogP contribution in [0.1, 0.15) is 31.4 Å². The van der Waals surface area contributed by atoms with Crippen molar-refractivity contribution in [3.63, 3.8) is 0 Å². The first-order chi connectivity index (χ1) is 11.1. The molecule has 3 aliphatic rings. The molecular weight excluding hydrogens is 313 g/mol. The van der Waals surface area contributed by atoms with Gasteiger partial charge in [-0.2, -0.15) is 0 Å². The van der Waals surface area contributed by atoms with Gasteiger partial charge < -0.3 is 9.80 Å². The molecule has 6 heteroatoms. The highest BCUT2D eigenvalue weighted by molar-refractivity contribution is 8.18. The minimum absolute atomic E-state index is 0.0429. The maximum Gasteiger partial charge on any atom is 0.263 e. The van der Waals surface area contributed by atoms with E-state index < -0.39 is 0 Å². The average Bonchev–Trinajstić information content (AvgIpc) is 3.25. The molecule has 4 nitrogen and oxygen atoms in total. The zero-order chi connectivity index (χ0) is 16.0. The first-order valence-electron chi connectivity index (χ1n) is 7.92. The van der Waals surface area contributed by atoms with Crippen molar-refractivity contribution >= 4 is 22.8 Å². The Balaban J connectivity index is 1.59. The molecule has 1 saturated heterocycles. The van der Waals surface area contributed by atoms with E-state index in [1.165, 1.54) is 23.9 Å². The van der Waals surface area contributed by atoms with Crippen LogP contribution in [-0.2, 0) is 4.79 Å². The number of amides is 1. The third-order valence-electron chi connectivity index (χ3n) is 4.69. The van der Waals surface area contributed by atoms with E-state index in [1.54, 1.807) is 12.1 Å². The van der Waals surface area contributed by atoms with Gasteiger partial charge in [-0.1, -0.05) is 12.1 Å². The number of benzene rings is 1. The summed E-state index contributed by atoms with van der Waals surface area (Å²) in [6.45, 7) is 4.43. The highest BCUT2D eigenvalue weighted by Gasteiger charge is 2.38. The van der Waals surface area contributed by atoms with Gasteiger partial charge in [-0.05, 0) is 49.2 Å². The molecule has 120 valence electrons. The van der Waals surface area contributed by atoms with Crippen LogP contribution in [0.25, 0.3) is 0 Å². The second-order valence-corrected chi connectivity index (χ2v) is 7.02. The number of likely N-dealkylation sites (tertiary alicyclic amines) is 1. The van der Waals surface area contributed by atoms with E-state index in [2.05, 4.69) is 9.89 Å². The van der Waals surface area contributed by atoms with Crippen molar-refractivity contribution in [2.24, 2.45) is 4.99 Å². The summed E-state index contributed by atoms with van der Waals surface area (Å²) in [5.74, 6) is -0.162. The van der Waals surface area contributed by atoms with Crippen molar-refractivity contribution < 1.29 is 9.18 Å². The monoisotopic (exact) mass is 331 g/mol. The summed E-state index contributed by atoms with van der Waals surface area (Å²) in [5, 5.41) is 0.948. The first-order valence-corrected chi connectivity index (χ1v) is 8.74. The molecule has 0 bridgehead atoms. The standard InChI is InChI=1S/C17H18FN3OS/c1-11-15(23-17-19-8-10-20(11)17)16(22)21-9-2-3-14(21)12-4-6-13(18)7-5-12/h4-7,14H,2-3,8-10H2,1H3. The van der Waals surface area contributed by atoms with Crippen LogP contribution in [0.3, 0.4) is 0 Å². The Bertz CT molecular complexity index is 713. The largest absolute Gasteiger partial charge is 0.331 e. The Morgan fingerprint density at radius 3 is 2.83 bits per heavy atom. The van der Waals surface area contributed by atoms with E-state index in [-0.39, 0.29) is 17.8 Å². The molecule has 0 radical (unpaired) electrons. The van der Waals surface area contributed by atoms with Gasteiger partial charge in [0.05, 0.1) is 17.5 Å². The van der Waals surface area contributed by atoms with Crippen LogP contribution in [-0.4, -0.2) is 40.5 Å². The lowest BCUT2D eigenvalue weighted by molar-refractivity contribution is -0.127. The van der Waals surface area contributed by atoms with Crippen LogP contribution in [0.15, 0.2) is 39.9 Å². The molecule has 0 aromatic heterocycles. The minimum Gasteiger partial charge on any atom is -0.331 e. The fraction of sp³-hybridized carbons (Fsp3) is 0.412. The van der Waals surface area contributed by atoms with Crippen molar-refractivity contribution in [1.29, 1.82) is 0 Å². The van der Waals surface area contributed by atoms with E-state index in [4.69, 9.17) is 0 Å². The Morgan fingerprint density at radius 2 is 2.09 bits per heavy atom. The van der Waals surface area contributed by atoms with Crippen LogP contribution in [0.5, 0.6) is 0 Å². The molecule has 0 N–H and O–H groups in total. The number of rotatable bonds is 2. The van der Waals surface area contributed by atoms with E-state index in [9.17, 15) is 9.18 Å². The van der Waals surface area contributed by atoms with Gasteiger partial charge in [0.25, 0.3) is 5.91 Å². The van der Waals surface area contributed by atoms with Gasteiger partial charge in [0, 0.05) is 18.8 Å². The molecule has 1 atom stereocenters. The van der Waals surface area contributed by atoms with Crippen LogP contribution < -0.4 is 0 Å². The average molecular weight is 331 g/mol. The number of halogens is 1. The second kappa shape index (κ2) is 5.67. The number of fused-ring (bicyclic) bond motifs is 1. The topological polar surface area (TPSA) is 35.9 Å². The predicted molar refractivity (Wildman–Crippen MR) is 89.4 cm³/mol. The van der Waals surface area contributed by atoms with E-state index in [1.807, 2.05) is 11.8 Å². The van der Waals surface area contributed by atoms with Crippen molar-refractivity contribution in [2.45, 2.75) is 25.8 Å². The number of hydrogen-bond donors (Lipinski definition) is 0. The SMILES string of the molecule is CC1=C(C(=O)N2CCCC2c2ccc(F)cc2)SC2=NCCN21. The number of aliphatic imine (C=N–C) groups is 1. The quantitative estimate of drug-likeness (QED) is 0.835. The Kier molecular flexibility index (Phi) is 3.64. The van der Waals surface area contributed by atoms with Crippen LogP contribution in [0.4, 0.5) is 4.39 Å². The summed E-state index contributed by atoms with van der Waals surface area (Å²) in [6.07, 6.45) is 1.91. The number of carbonyl (C=O) groups excluding carboxylic acids is 1. The Morgan fingerprint density at radius 1 is 1.30 bits per heavy atom. The summed E-state index contributed by atoms with van der Waals surface area (Å²) in [4.78, 5) is 22.3. The van der Waals surface area contributed by atoms with E-state index in [0.717, 1.165) is 53.8 Å². The second-order valence-electron chi connectivity index (χ2n) is 6.04. The molecular formula is C17H18FN3OS. The van der Waals surface area contributed by atoms with Crippen LogP contribution >= 0.6 is 11.8 Å². The molecule has 1 fully saturated rings. The number of amidine groups is 1. The van der Waals surface area contributed by atoms with E-state index >= 15 is 0 Å². The molecule has 3 aliphatic heterocycles. The lowest BCUT2D eigenvalue weighted by Gasteiger charge is -2.25. The normalized spacial score (nSPS) is 23.6. The molecule has 1 aromatic rings. The smallest absolute Gasteiger partial charge is 0.263 e. The van der Waals surface area contributed by atoms with Crippen molar-refractivity contribution in [3.8, 4) is 0 Å². The first kappa shape index (κ1) is 14.8. The summed E-state index contributed by atoms with van der Waals surface area (Å²) in [5.41, 5.74) is 2.03. The van der Waals surface area contributed by atoms with Crippen LogP contribution in [0, 0.1) is 5.82 Å². The number of nitrogens with zero attached hydrogens (tertiary/aromatic N) is 3. The lowest BCUT2D eigenvalue weighted by Crippen LogP contribution is -2.31. The maximum absolute atomic E-state index is 13.1. The molecule has 23 heavy (non-hydrogen) atoms. The van der Waals surface area contributed by atoms with Gasteiger partial charge in [0.2, 0.25) is 0 Å². The fourth-order valence-corrected chi connectivity index (χ4v) is 4.62. The Hall–Kier alpha value is -1.82. The summed E-state index contributed by atoms with van der Waals surface area (Å²) in [7, 11) is 0. The lowest BCUT2D eigenvalue weighted by atomic mass is 10.0. The van der Waals surface area contributed by atoms with Gasteiger partial charge in [0.1, 0.15) is 5.82 Å². The molecule has 3 heterocycles. The molecule has 0 aliphatic carbocycles. The van der Waals surface area contributed by atoms with Gasteiger partial charge >= 0.3 is 0 Å².